The second-order valence-corrected chi connectivity index (χ2v) is 13.0. The lowest BCUT2D eigenvalue weighted by Gasteiger charge is -2.46. The largest absolute Gasteiger partial charge is 0.550 e. The minimum atomic E-state index is -3.11. The van der Waals surface area contributed by atoms with E-state index in [2.05, 4.69) is 16.9 Å². The Bertz CT molecular complexity index is 1240. The number of carboxylic acids is 1. The van der Waals surface area contributed by atoms with E-state index in [1.165, 1.54) is 13.1 Å². The summed E-state index contributed by atoms with van der Waals surface area (Å²) in [4.78, 5) is 30.6. The number of piperidine rings is 1. The Balaban J connectivity index is 1.68. The van der Waals surface area contributed by atoms with Crippen LogP contribution in [-0.2, 0) is 28.5 Å². The molecule has 0 radical (unpaired) electrons. The molecule has 17 nitrogen and oxygen atoms in total. The summed E-state index contributed by atoms with van der Waals surface area (Å²) in [5, 5.41) is 76.0. The topological polar surface area (TPSA) is 270 Å². The van der Waals surface area contributed by atoms with E-state index in [-0.39, 0.29) is 37.3 Å². The highest BCUT2D eigenvalue weighted by Gasteiger charge is 2.56. The van der Waals surface area contributed by atoms with Crippen LogP contribution in [0.3, 0.4) is 0 Å². The Hall–Kier alpha value is -3.13. The molecular weight excluding hydrogens is 648 g/mol. The maximum Gasteiger partial charge on any atom is 0.338 e. The van der Waals surface area contributed by atoms with Gasteiger partial charge in [0.2, 0.25) is 12.1 Å². The fourth-order valence-electron chi connectivity index (χ4n) is 7.00. The molecule has 0 aromatic rings. The van der Waals surface area contributed by atoms with Crippen LogP contribution in [0.15, 0.2) is 41.6 Å². The lowest BCUT2D eigenvalue weighted by molar-refractivity contribution is -0.911. The molecule has 4 aliphatic rings. The molecule has 0 amide bonds. The van der Waals surface area contributed by atoms with Crippen molar-refractivity contribution in [3.05, 3.63) is 36.6 Å². The third kappa shape index (κ3) is 8.97. The summed E-state index contributed by atoms with van der Waals surface area (Å²) >= 11 is 0. The second-order valence-electron chi connectivity index (χ2n) is 13.0. The molecule has 0 bridgehead atoms. The fraction of sp³-hybridized carbons (Fsp3) is 0.719. The SMILES string of the molecule is C=CC1C(OC2OC(CO)C(O)C(O)(O)C2O)OC=C(C(=O)OC2CCCCC2)C1C=CC1C[NH+](CCO)CC(C(=O)[O-])C1NC(N)=NC. The van der Waals surface area contributed by atoms with Gasteiger partial charge in [-0.25, -0.2) is 4.79 Å². The average Bonchev–Trinajstić information content (AvgIpc) is 3.08. The number of guanidine groups is 1. The minimum absolute atomic E-state index is 0.0154. The summed E-state index contributed by atoms with van der Waals surface area (Å²) in [5.74, 6) is -8.34. The number of quaternary nitrogens is 1. The van der Waals surface area contributed by atoms with E-state index in [4.69, 9.17) is 24.7 Å². The van der Waals surface area contributed by atoms with Crippen LogP contribution in [0.4, 0.5) is 0 Å². The number of allylic oxidation sites excluding steroid dienone is 1. The number of nitrogens with zero attached hydrogens (tertiary/aromatic N) is 1. The molecule has 3 aliphatic heterocycles. The molecule has 11 atom stereocenters. The zero-order valence-electron chi connectivity index (χ0n) is 27.5. The van der Waals surface area contributed by atoms with Crippen molar-refractivity contribution in [3.8, 4) is 0 Å². The van der Waals surface area contributed by atoms with Gasteiger partial charge >= 0.3 is 5.97 Å². The highest BCUT2D eigenvalue weighted by molar-refractivity contribution is 5.89. The number of carbonyl (C=O) groups excluding carboxylic acids is 2. The van der Waals surface area contributed by atoms with Crippen LogP contribution in [-0.4, -0.2) is 137 Å². The number of esters is 1. The summed E-state index contributed by atoms with van der Waals surface area (Å²) < 4.78 is 22.9. The Morgan fingerprint density at radius 1 is 1.16 bits per heavy atom. The van der Waals surface area contributed by atoms with Crippen LogP contribution in [0.5, 0.6) is 0 Å². The van der Waals surface area contributed by atoms with Gasteiger partial charge in [0, 0.05) is 18.9 Å². The maximum atomic E-state index is 13.6. The summed E-state index contributed by atoms with van der Waals surface area (Å²) in [6.07, 6.45) is 1.04. The zero-order valence-corrected chi connectivity index (χ0v) is 27.5. The van der Waals surface area contributed by atoms with E-state index in [9.17, 15) is 45.3 Å². The maximum absolute atomic E-state index is 13.6. The van der Waals surface area contributed by atoms with Gasteiger partial charge in [-0.05, 0) is 25.7 Å². The number of likely N-dealkylation sites (tertiary alicyclic amines) is 1. The van der Waals surface area contributed by atoms with E-state index in [0.717, 1.165) is 30.4 Å². The number of aliphatic imine (C=N–C) groups is 1. The number of aliphatic carboxylic acids is 1. The number of carboxylic acid groups (broad SMARTS) is 1. The van der Waals surface area contributed by atoms with Gasteiger partial charge in [0.05, 0.1) is 62.0 Å². The number of nitrogens with two attached hydrogens (primary N) is 1. The first-order chi connectivity index (χ1) is 23.4. The van der Waals surface area contributed by atoms with Gasteiger partial charge in [-0.15, -0.1) is 6.58 Å². The van der Waals surface area contributed by atoms with E-state index < -0.39 is 84.9 Å². The first-order valence-electron chi connectivity index (χ1n) is 16.6. The normalized spacial score (nSPS) is 37.2. The first-order valence-corrected chi connectivity index (χ1v) is 16.6. The molecule has 10 N–H and O–H groups in total. The lowest BCUT2D eigenvalue weighted by Crippen LogP contribution is -3.16. The Morgan fingerprint density at radius 3 is 2.49 bits per heavy atom. The van der Waals surface area contributed by atoms with Crippen molar-refractivity contribution in [3.63, 3.8) is 0 Å². The van der Waals surface area contributed by atoms with E-state index in [1.54, 1.807) is 12.2 Å². The minimum Gasteiger partial charge on any atom is -0.550 e. The molecular formula is C32H50N4O13. The Morgan fingerprint density at radius 2 is 1.88 bits per heavy atom. The van der Waals surface area contributed by atoms with Crippen molar-refractivity contribution in [1.82, 2.24) is 5.32 Å². The number of rotatable bonds is 12. The molecule has 17 heteroatoms. The molecule has 0 aromatic carbocycles. The summed E-state index contributed by atoms with van der Waals surface area (Å²) in [6.45, 7) is 3.71. The number of ether oxygens (including phenoxy) is 4. The van der Waals surface area contributed by atoms with Crippen LogP contribution >= 0.6 is 0 Å². The molecule has 1 saturated carbocycles. The molecule has 1 aliphatic carbocycles. The van der Waals surface area contributed by atoms with E-state index in [0.29, 0.717) is 19.4 Å². The van der Waals surface area contributed by atoms with Crippen molar-refractivity contribution in [2.45, 2.75) is 80.9 Å². The van der Waals surface area contributed by atoms with Crippen LogP contribution in [0.2, 0.25) is 0 Å². The third-order valence-electron chi connectivity index (χ3n) is 9.81. The average molecular weight is 699 g/mol. The number of aliphatic hydroxyl groups is 6. The van der Waals surface area contributed by atoms with Crippen LogP contribution < -0.4 is 21.1 Å². The first kappa shape index (κ1) is 38.7. The Kier molecular flexibility index (Phi) is 13.6. The van der Waals surface area contributed by atoms with Gasteiger partial charge in [-0.3, -0.25) is 4.99 Å². The van der Waals surface area contributed by atoms with Crippen LogP contribution in [0.1, 0.15) is 32.1 Å². The smallest absolute Gasteiger partial charge is 0.338 e. The number of carbonyl (C=O) groups is 2. The van der Waals surface area contributed by atoms with Crippen molar-refractivity contribution < 1.29 is 69.2 Å². The molecule has 4 rings (SSSR count). The Labute approximate surface area is 284 Å². The van der Waals surface area contributed by atoms with Crippen molar-refractivity contribution in [1.29, 1.82) is 0 Å². The molecule has 49 heavy (non-hydrogen) atoms. The predicted octanol–water partition coefficient (Wildman–Crippen LogP) is -5.01. The molecule has 0 aromatic heterocycles. The van der Waals surface area contributed by atoms with Gasteiger partial charge in [0.1, 0.15) is 24.9 Å². The molecule has 3 heterocycles. The van der Waals surface area contributed by atoms with Gasteiger partial charge in [-0.1, -0.05) is 24.6 Å². The fourth-order valence-corrected chi connectivity index (χ4v) is 7.00. The monoisotopic (exact) mass is 698 g/mol. The van der Waals surface area contributed by atoms with Gasteiger partial charge in [0.15, 0.2) is 18.4 Å². The third-order valence-corrected chi connectivity index (χ3v) is 9.81. The highest BCUT2D eigenvalue weighted by atomic mass is 16.8. The molecule has 0 spiro atoms. The molecule has 3 fully saturated rings. The van der Waals surface area contributed by atoms with Crippen molar-refractivity contribution in [2.24, 2.45) is 34.4 Å². The van der Waals surface area contributed by atoms with Gasteiger partial charge < -0.3 is 75.4 Å². The summed E-state index contributed by atoms with van der Waals surface area (Å²) in [7, 11) is 1.45. The lowest BCUT2D eigenvalue weighted by atomic mass is 9.79. The van der Waals surface area contributed by atoms with Gasteiger partial charge in [0.25, 0.3) is 0 Å². The number of hydrogen-bond donors (Lipinski definition) is 9. The van der Waals surface area contributed by atoms with E-state index in [1.807, 2.05) is 0 Å². The molecule has 2 saturated heterocycles. The van der Waals surface area contributed by atoms with Crippen molar-refractivity contribution >= 4 is 17.9 Å². The summed E-state index contributed by atoms with van der Waals surface area (Å²) in [5.41, 5.74) is 6.06. The van der Waals surface area contributed by atoms with Gasteiger partial charge in [-0.2, -0.15) is 0 Å². The number of nitrogens with one attached hydrogen (secondary N) is 2. The molecule has 276 valence electrons. The second kappa shape index (κ2) is 17.2. The summed E-state index contributed by atoms with van der Waals surface area (Å²) in [6, 6.07) is -0.766. The highest BCUT2D eigenvalue weighted by Crippen LogP contribution is 2.38. The van der Waals surface area contributed by atoms with Crippen LogP contribution in [0, 0.1) is 23.7 Å². The van der Waals surface area contributed by atoms with Crippen LogP contribution in [0.25, 0.3) is 0 Å². The van der Waals surface area contributed by atoms with Crippen molar-refractivity contribution in [2.75, 3.05) is 39.9 Å². The number of aliphatic hydroxyl groups excluding tert-OH is 4. The van der Waals surface area contributed by atoms with E-state index >= 15 is 0 Å². The quantitative estimate of drug-likeness (QED) is 0.0304. The standard InChI is InChI=1S/C32H50N4O13/c1-3-19-20(10-9-17-13-36(11-12-37)14-21(27(41)42)24(17)35-31(33)34-2)22(28(43)47-18-7-5-4-6-8-18)16-46-29(19)49-30-26(40)32(44,45)25(39)23(15-38)48-30/h3,9-10,16-21,23-26,29-30,37-40,44-45H,1,4-8,11-15H2,2H3,(H,41,42)(H3,33,34,35). The number of hydrogen-bond acceptors (Lipinski definition) is 14. The predicted molar refractivity (Wildman–Crippen MR) is 167 cm³/mol. The molecule has 11 unspecified atom stereocenters. The zero-order chi connectivity index (χ0) is 35.9.